The lowest BCUT2D eigenvalue weighted by Crippen LogP contribution is -2.32. The number of aryl methyl sites for hydroxylation is 2. The maximum Gasteiger partial charge on any atom is 0.244 e. The SMILES string of the molecule is CCOc1cc2c(cc1/C=C/C(=O)NCC(=O)Nc1c(C)cccc1C)OC(C)C2. The fourth-order valence-electron chi connectivity index (χ4n) is 3.45. The van der Waals surface area contributed by atoms with Gasteiger partial charge in [-0.2, -0.15) is 0 Å². The number of rotatable bonds is 7. The number of anilines is 1. The van der Waals surface area contributed by atoms with E-state index in [0.717, 1.165) is 40.1 Å². The molecule has 2 N–H and O–H groups in total. The van der Waals surface area contributed by atoms with Crippen LogP contribution in [0, 0.1) is 13.8 Å². The molecule has 2 amide bonds. The maximum absolute atomic E-state index is 12.2. The summed E-state index contributed by atoms with van der Waals surface area (Å²) in [5, 5.41) is 5.46. The first-order chi connectivity index (χ1) is 14.4. The van der Waals surface area contributed by atoms with Crippen molar-refractivity contribution in [1.82, 2.24) is 5.32 Å². The summed E-state index contributed by atoms with van der Waals surface area (Å²) in [6, 6.07) is 9.66. The highest BCUT2D eigenvalue weighted by atomic mass is 16.5. The topological polar surface area (TPSA) is 76.7 Å². The Balaban J connectivity index is 1.61. The minimum atomic E-state index is -0.358. The summed E-state index contributed by atoms with van der Waals surface area (Å²) >= 11 is 0. The predicted molar refractivity (Wildman–Crippen MR) is 118 cm³/mol. The van der Waals surface area contributed by atoms with Crippen LogP contribution < -0.4 is 20.1 Å². The molecule has 0 bridgehead atoms. The summed E-state index contributed by atoms with van der Waals surface area (Å²) in [7, 11) is 0. The fourth-order valence-corrected chi connectivity index (χ4v) is 3.45. The van der Waals surface area contributed by atoms with Crippen molar-refractivity contribution >= 4 is 23.6 Å². The third-order valence-corrected chi connectivity index (χ3v) is 4.91. The summed E-state index contributed by atoms with van der Waals surface area (Å²) in [5.74, 6) is 0.901. The van der Waals surface area contributed by atoms with Crippen molar-refractivity contribution in [1.29, 1.82) is 0 Å². The molecular weight excluding hydrogens is 380 g/mol. The van der Waals surface area contributed by atoms with Crippen molar-refractivity contribution in [3.05, 3.63) is 58.7 Å². The first-order valence-electron chi connectivity index (χ1n) is 10.2. The molecule has 1 aliphatic rings. The molecule has 1 heterocycles. The molecule has 30 heavy (non-hydrogen) atoms. The molecule has 0 aromatic heterocycles. The summed E-state index contributed by atoms with van der Waals surface area (Å²) in [6.45, 7) is 8.22. The van der Waals surface area contributed by atoms with Gasteiger partial charge >= 0.3 is 0 Å². The van der Waals surface area contributed by atoms with Crippen LogP contribution >= 0.6 is 0 Å². The van der Waals surface area contributed by atoms with Gasteiger partial charge in [-0.05, 0) is 57.0 Å². The molecule has 0 saturated carbocycles. The van der Waals surface area contributed by atoms with Crippen molar-refractivity contribution < 1.29 is 19.1 Å². The van der Waals surface area contributed by atoms with E-state index in [1.54, 1.807) is 6.08 Å². The van der Waals surface area contributed by atoms with E-state index >= 15 is 0 Å². The zero-order valence-corrected chi connectivity index (χ0v) is 17.9. The normalized spacial score (nSPS) is 14.9. The molecule has 2 aromatic carbocycles. The second-order valence-electron chi connectivity index (χ2n) is 7.43. The number of hydrogen-bond donors (Lipinski definition) is 2. The highest BCUT2D eigenvalue weighted by molar-refractivity contribution is 5.98. The Morgan fingerprint density at radius 3 is 2.67 bits per heavy atom. The molecule has 6 nitrogen and oxygen atoms in total. The lowest BCUT2D eigenvalue weighted by molar-refractivity contribution is -0.121. The van der Waals surface area contributed by atoms with Gasteiger partial charge in [-0.3, -0.25) is 9.59 Å². The van der Waals surface area contributed by atoms with E-state index in [1.165, 1.54) is 6.08 Å². The lowest BCUT2D eigenvalue weighted by atomic mass is 10.1. The Kier molecular flexibility index (Phi) is 6.77. The van der Waals surface area contributed by atoms with Crippen molar-refractivity contribution in [2.24, 2.45) is 0 Å². The highest BCUT2D eigenvalue weighted by Gasteiger charge is 2.21. The Morgan fingerprint density at radius 1 is 1.23 bits per heavy atom. The molecule has 1 atom stereocenters. The van der Waals surface area contributed by atoms with Gasteiger partial charge in [0.25, 0.3) is 0 Å². The first kappa shape index (κ1) is 21.4. The zero-order chi connectivity index (χ0) is 21.7. The van der Waals surface area contributed by atoms with Crippen molar-refractivity contribution in [3.63, 3.8) is 0 Å². The average Bonchev–Trinajstić information content (AvgIpc) is 3.06. The van der Waals surface area contributed by atoms with E-state index in [0.29, 0.717) is 12.4 Å². The summed E-state index contributed by atoms with van der Waals surface area (Å²) in [4.78, 5) is 24.4. The number of carbonyl (C=O) groups excluding carboxylic acids is 2. The van der Waals surface area contributed by atoms with Gasteiger partial charge in [0.05, 0.1) is 13.2 Å². The van der Waals surface area contributed by atoms with Crippen LogP contribution in [-0.4, -0.2) is 31.1 Å². The van der Waals surface area contributed by atoms with Crippen LogP contribution in [0.3, 0.4) is 0 Å². The third kappa shape index (κ3) is 5.20. The molecule has 3 rings (SSSR count). The van der Waals surface area contributed by atoms with E-state index in [-0.39, 0.29) is 24.5 Å². The summed E-state index contributed by atoms with van der Waals surface area (Å²) < 4.78 is 11.5. The van der Waals surface area contributed by atoms with Crippen molar-refractivity contribution in [2.45, 2.75) is 40.2 Å². The van der Waals surface area contributed by atoms with Gasteiger partial charge in [-0.15, -0.1) is 0 Å². The predicted octanol–water partition coefficient (Wildman–Crippen LogP) is 3.79. The van der Waals surface area contributed by atoms with E-state index < -0.39 is 0 Å². The molecule has 158 valence electrons. The molecule has 0 fully saturated rings. The third-order valence-electron chi connectivity index (χ3n) is 4.91. The van der Waals surface area contributed by atoms with Crippen LogP contribution in [0.25, 0.3) is 6.08 Å². The van der Waals surface area contributed by atoms with Crippen molar-refractivity contribution in [2.75, 3.05) is 18.5 Å². The lowest BCUT2D eigenvalue weighted by Gasteiger charge is -2.11. The number of amides is 2. The molecule has 0 aliphatic carbocycles. The van der Waals surface area contributed by atoms with Gasteiger partial charge in [0, 0.05) is 29.3 Å². The number of ether oxygens (including phenoxy) is 2. The quantitative estimate of drug-likeness (QED) is 0.684. The molecular formula is C24H28N2O4. The van der Waals surface area contributed by atoms with Crippen LogP contribution in [0.2, 0.25) is 0 Å². The zero-order valence-electron chi connectivity index (χ0n) is 17.9. The molecule has 0 saturated heterocycles. The van der Waals surface area contributed by atoms with E-state index in [9.17, 15) is 9.59 Å². The van der Waals surface area contributed by atoms with E-state index in [2.05, 4.69) is 10.6 Å². The minimum Gasteiger partial charge on any atom is -0.493 e. The number of para-hydroxylation sites is 1. The first-order valence-corrected chi connectivity index (χ1v) is 10.2. The monoisotopic (exact) mass is 408 g/mol. The Morgan fingerprint density at radius 2 is 1.97 bits per heavy atom. The number of benzene rings is 2. The molecule has 6 heteroatoms. The second-order valence-corrected chi connectivity index (χ2v) is 7.43. The van der Waals surface area contributed by atoms with Crippen LogP contribution in [0.1, 0.15) is 36.1 Å². The summed E-state index contributed by atoms with van der Waals surface area (Å²) in [6.07, 6.45) is 4.05. The van der Waals surface area contributed by atoms with Crippen LogP contribution in [-0.2, 0) is 16.0 Å². The Hall–Kier alpha value is -3.28. The summed E-state index contributed by atoms with van der Waals surface area (Å²) in [5.41, 5.74) is 4.61. The molecule has 0 spiro atoms. The van der Waals surface area contributed by atoms with E-state index in [4.69, 9.17) is 9.47 Å². The number of nitrogens with one attached hydrogen (secondary N) is 2. The number of hydrogen-bond acceptors (Lipinski definition) is 4. The van der Waals surface area contributed by atoms with Crippen molar-refractivity contribution in [3.8, 4) is 11.5 Å². The van der Waals surface area contributed by atoms with Crippen LogP contribution in [0.5, 0.6) is 11.5 Å². The average molecular weight is 408 g/mol. The smallest absolute Gasteiger partial charge is 0.244 e. The maximum atomic E-state index is 12.2. The minimum absolute atomic E-state index is 0.111. The molecule has 1 unspecified atom stereocenters. The molecule has 0 radical (unpaired) electrons. The van der Waals surface area contributed by atoms with Gasteiger partial charge in [-0.1, -0.05) is 18.2 Å². The largest absolute Gasteiger partial charge is 0.493 e. The Labute approximate surface area is 177 Å². The molecule has 2 aromatic rings. The Bertz CT molecular complexity index is 961. The standard InChI is InChI=1S/C24H28N2O4/c1-5-29-20-13-19-11-17(4)30-21(19)12-18(20)9-10-22(27)25-14-23(28)26-24-15(2)7-6-8-16(24)3/h6-10,12-13,17H,5,11,14H2,1-4H3,(H,25,27)(H,26,28)/b10-9+. The second kappa shape index (κ2) is 9.48. The molecule has 1 aliphatic heterocycles. The van der Waals surface area contributed by atoms with Crippen LogP contribution in [0.15, 0.2) is 36.4 Å². The number of carbonyl (C=O) groups is 2. The van der Waals surface area contributed by atoms with Gasteiger partial charge in [-0.25, -0.2) is 0 Å². The van der Waals surface area contributed by atoms with Gasteiger partial charge in [0.1, 0.15) is 17.6 Å². The van der Waals surface area contributed by atoms with Gasteiger partial charge < -0.3 is 20.1 Å². The highest BCUT2D eigenvalue weighted by Crippen LogP contribution is 2.35. The van der Waals surface area contributed by atoms with Gasteiger partial charge in [0.15, 0.2) is 0 Å². The van der Waals surface area contributed by atoms with E-state index in [1.807, 2.05) is 58.0 Å². The van der Waals surface area contributed by atoms with Crippen LogP contribution in [0.4, 0.5) is 5.69 Å². The van der Waals surface area contributed by atoms with Gasteiger partial charge in [0.2, 0.25) is 11.8 Å². The number of fused-ring (bicyclic) bond motifs is 1. The fraction of sp³-hybridized carbons (Fsp3) is 0.333.